The molecule has 24 heavy (non-hydrogen) atoms. The maximum absolute atomic E-state index is 12.2. The van der Waals surface area contributed by atoms with Gasteiger partial charge >= 0.3 is 0 Å². The number of hydrogen-bond donors (Lipinski definition) is 1. The van der Waals surface area contributed by atoms with E-state index in [-0.39, 0.29) is 11.9 Å². The molecule has 0 fully saturated rings. The van der Waals surface area contributed by atoms with Crippen molar-refractivity contribution in [3.63, 3.8) is 0 Å². The number of nitrogens with one attached hydrogen (secondary N) is 1. The fourth-order valence-electron chi connectivity index (χ4n) is 2.26. The molecule has 0 spiro atoms. The standard InChI is InChI=1S/C19H26N4O/c1-14(2)12-21-18(24)17-10-11-20-19(22-17)23(15(3)4)13-16-8-6-5-7-9-16/h5-11,14-15H,12-13H2,1-4H3,(H,21,24). The molecule has 5 nitrogen and oxygen atoms in total. The van der Waals surface area contributed by atoms with Gasteiger partial charge in [0.1, 0.15) is 5.69 Å². The summed E-state index contributed by atoms with van der Waals surface area (Å²) in [4.78, 5) is 23.2. The van der Waals surface area contributed by atoms with E-state index in [4.69, 9.17) is 0 Å². The SMILES string of the molecule is CC(C)CNC(=O)c1ccnc(N(Cc2ccccc2)C(C)C)n1. The smallest absolute Gasteiger partial charge is 0.270 e. The summed E-state index contributed by atoms with van der Waals surface area (Å²) < 4.78 is 0. The van der Waals surface area contributed by atoms with E-state index in [1.807, 2.05) is 18.2 Å². The van der Waals surface area contributed by atoms with Gasteiger partial charge in [0.15, 0.2) is 0 Å². The number of aromatic nitrogens is 2. The summed E-state index contributed by atoms with van der Waals surface area (Å²) in [5.41, 5.74) is 1.59. The molecule has 0 unspecified atom stereocenters. The molecule has 1 aromatic carbocycles. The average molecular weight is 326 g/mol. The molecule has 128 valence electrons. The van der Waals surface area contributed by atoms with Gasteiger partial charge in [-0.05, 0) is 31.4 Å². The predicted octanol–water partition coefficient (Wildman–Crippen LogP) is 3.28. The van der Waals surface area contributed by atoms with E-state index < -0.39 is 0 Å². The van der Waals surface area contributed by atoms with Crippen molar-refractivity contribution in [2.24, 2.45) is 5.92 Å². The molecule has 2 rings (SSSR count). The highest BCUT2D eigenvalue weighted by Crippen LogP contribution is 2.16. The molecule has 0 atom stereocenters. The fourth-order valence-corrected chi connectivity index (χ4v) is 2.26. The molecular weight excluding hydrogens is 300 g/mol. The normalized spacial score (nSPS) is 10.9. The van der Waals surface area contributed by atoms with Gasteiger partial charge in [-0.3, -0.25) is 4.79 Å². The quantitative estimate of drug-likeness (QED) is 0.848. The third-order valence-electron chi connectivity index (χ3n) is 3.62. The minimum Gasteiger partial charge on any atom is -0.350 e. The Morgan fingerprint density at radius 3 is 2.46 bits per heavy atom. The van der Waals surface area contributed by atoms with E-state index in [1.54, 1.807) is 12.3 Å². The Morgan fingerprint density at radius 2 is 1.83 bits per heavy atom. The molecule has 1 heterocycles. The number of nitrogens with zero attached hydrogens (tertiary/aromatic N) is 3. The minimum absolute atomic E-state index is 0.157. The molecule has 1 aromatic heterocycles. The Bertz CT molecular complexity index is 655. The number of carbonyl (C=O) groups is 1. The minimum atomic E-state index is -0.157. The van der Waals surface area contributed by atoms with E-state index in [1.165, 1.54) is 5.56 Å². The van der Waals surface area contributed by atoms with Crippen LogP contribution in [0.3, 0.4) is 0 Å². The number of anilines is 1. The first-order valence-electron chi connectivity index (χ1n) is 8.39. The van der Waals surface area contributed by atoms with Gasteiger partial charge in [-0.25, -0.2) is 9.97 Å². The monoisotopic (exact) mass is 326 g/mol. The van der Waals surface area contributed by atoms with Crippen molar-refractivity contribution in [2.45, 2.75) is 40.3 Å². The summed E-state index contributed by atoms with van der Waals surface area (Å²) in [6.45, 7) is 9.65. The Kier molecular flexibility index (Phi) is 6.29. The van der Waals surface area contributed by atoms with Gasteiger partial charge in [-0.1, -0.05) is 44.2 Å². The molecule has 2 aromatic rings. The van der Waals surface area contributed by atoms with Crippen molar-refractivity contribution < 1.29 is 4.79 Å². The Hall–Kier alpha value is -2.43. The number of amides is 1. The van der Waals surface area contributed by atoms with E-state index in [0.29, 0.717) is 30.6 Å². The lowest BCUT2D eigenvalue weighted by atomic mass is 10.2. The van der Waals surface area contributed by atoms with Crippen molar-refractivity contribution in [3.8, 4) is 0 Å². The van der Waals surface area contributed by atoms with Crippen LogP contribution in [-0.4, -0.2) is 28.5 Å². The second-order valence-electron chi connectivity index (χ2n) is 6.55. The molecule has 0 saturated heterocycles. The lowest BCUT2D eigenvalue weighted by Gasteiger charge is -2.27. The highest BCUT2D eigenvalue weighted by molar-refractivity contribution is 5.92. The van der Waals surface area contributed by atoms with E-state index in [2.05, 4.69) is 60.0 Å². The molecule has 0 aliphatic heterocycles. The van der Waals surface area contributed by atoms with E-state index >= 15 is 0 Å². The molecule has 1 amide bonds. The molecule has 0 aliphatic carbocycles. The van der Waals surface area contributed by atoms with Gasteiger partial charge in [0, 0.05) is 25.3 Å². The van der Waals surface area contributed by atoms with Crippen molar-refractivity contribution >= 4 is 11.9 Å². The molecular formula is C19H26N4O. The topological polar surface area (TPSA) is 58.1 Å². The highest BCUT2D eigenvalue weighted by Gasteiger charge is 2.16. The van der Waals surface area contributed by atoms with Crippen LogP contribution in [0.1, 0.15) is 43.7 Å². The van der Waals surface area contributed by atoms with Crippen LogP contribution < -0.4 is 10.2 Å². The maximum Gasteiger partial charge on any atom is 0.270 e. The summed E-state index contributed by atoms with van der Waals surface area (Å²) in [7, 11) is 0. The van der Waals surface area contributed by atoms with Gasteiger partial charge in [-0.15, -0.1) is 0 Å². The third-order valence-corrected chi connectivity index (χ3v) is 3.62. The van der Waals surface area contributed by atoms with Crippen LogP contribution >= 0.6 is 0 Å². The van der Waals surface area contributed by atoms with Crippen LogP contribution in [0.15, 0.2) is 42.6 Å². The van der Waals surface area contributed by atoms with Crippen LogP contribution in [0.2, 0.25) is 0 Å². The number of rotatable bonds is 7. The Labute approximate surface area is 144 Å². The van der Waals surface area contributed by atoms with Gasteiger partial charge in [0.05, 0.1) is 0 Å². The Morgan fingerprint density at radius 1 is 1.12 bits per heavy atom. The number of benzene rings is 1. The first kappa shape index (κ1) is 17.9. The van der Waals surface area contributed by atoms with Crippen molar-refractivity contribution in [3.05, 3.63) is 53.9 Å². The van der Waals surface area contributed by atoms with Crippen LogP contribution in [0.5, 0.6) is 0 Å². The fraction of sp³-hybridized carbons (Fsp3) is 0.421. The third kappa shape index (κ3) is 5.05. The lowest BCUT2D eigenvalue weighted by Crippen LogP contribution is -2.33. The first-order chi connectivity index (χ1) is 11.5. The zero-order valence-electron chi connectivity index (χ0n) is 14.9. The average Bonchev–Trinajstić information content (AvgIpc) is 2.58. The van der Waals surface area contributed by atoms with Gasteiger partial charge in [-0.2, -0.15) is 0 Å². The second kappa shape index (κ2) is 8.43. The van der Waals surface area contributed by atoms with Crippen LogP contribution in [0.4, 0.5) is 5.95 Å². The van der Waals surface area contributed by atoms with Gasteiger partial charge < -0.3 is 10.2 Å². The zero-order chi connectivity index (χ0) is 17.5. The van der Waals surface area contributed by atoms with E-state index in [0.717, 1.165) is 0 Å². The number of carbonyl (C=O) groups excluding carboxylic acids is 1. The molecule has 5 heteroatoms. The number of hydrogen-bond acceptors (Lipinski definition) is 4. The molecule has 0 saturated carbocycles. The van der Waals surface area contributed by atoms with Crippen LogP contribution in [-0.2, 0) is 6.54 Å². The van der Waals surface area contributed by atoms with Gasteiger partial charge in [0.2, 0.25) is 5.95 Å². The van der Waals surface area contributed by atoms with E-state index in [9.17, 15) is 4.79 Å². The summed E-state index contributed by atoms with van der Waals surface area (Å²) in [6.07, 6.45) is 1.65. The van der Waals surface area contributed by atoms with Gasteiger partial charge in [0.25, 0.3) is 5.91 Å². The van der Waals surface area contributed by atoms with Crippen LogP contribution in [0.25, 0.3) is 0 Å². The largest absolute Gasteiger partial charge is 0.350 e. The summed E-state index contributed by atoms with van der Waals surface area (Å²) in [5.74, 6) is 0.822. The molecule has 1 N–H and O–H groups in total. The first-order valence-corrected chi connectivity index (χ1v) is 8.39. The van der Waals surface area contributed by atoms with Crippen molar-refractivity contribution in [2.75, 3.05) is 11.4 Å². The van der Waals surface area contributed by atoms with Crippen molar-refractivity contribution in [1.82, 2.24) is 15.3 Å². The second-order valence-corrected chi connectivity index (χ2v) is 6.55. The highest BCUT2D eigenvalue weighted by atomic mass is 16.1. The summed E-state index contributed by atoms with van der Waals surface area (Å²) in [5, 5.41) is 2.90. The predicted molar refractivity (Wildman–Crippen MR) is 97.0 cm³/mol. The summed E-state index contributed by atoms with van der Waals surface area (Å²) >= 11 is 0. The maximum atomic E-state index is 12.2. The van der Waals surface area contributed by atoms with Crippen molar-refractivity contribution in [1.29, 1.82) is 0 Å². The molecule has 0 radical (unpaired) electrons. The zero-order valence-corrected chi connectivity index (χ0v) is 14.9. The summed E-state index contributed by atoms with van der Waals surface area (Å²) in [6, 6.07) is 12.1. The molecule has 0 aliphatic rings. The molecule has 0 bridgehead atoms. The Balaban J connectivity index is 2.18. The van der Waals surface area contributed by atoms with Crippen LogP contribution in [0, 0.1) is 5.92 Å². The lowest BCUT2D eigenvalue weighted by molar-refractivity contribution is 0.0944.